The van der Waals surface area contributed by atoms with Gasteiger partial charge in [-0.2, -0.15) is 0 Å². The highest BCUT2D eigenvalue weighted by Gasteiger charge is 1.98. The Kier molecular flexibility index (Phi) is 3.76. The van der Waals surface area contributed by atoms with Crippen molar-refractivity contribution in [1.29, 1.82) is 0 Å². The molecule has 2 aromatic heterocycles. The summed E-state index contributed by atoms with van der Waals surface area (Å²) in [6.07, 6.45) is 5.59. The normalized spacial score (nSPS) is 9.47. The standard InChI is InChI=1S/C10H10N2.C4H5N/c1-8-7-11-10(12-8)9-5-3-2-4-6-9;1-2-4-5-3-1/h2-7H,1H3,(H,11,12);1-5H. The number of nitrogens with zero attached hydrogens (tertiary/aromatic N) is 1. The second-order valence-corrected chi connectivity index (χ2v) is 3.67. The number of H-pyrrole nitrogens is 2. The molecule has 0 fully saturated rings. The molecule has 2 heterocycles. The molecule has 2 N–H and O–H groups in total. The predicted molar refractivity (Wildman–Crippen MR) is 69.6 cm³/mol. The molecule has 0 amide bonds. The van der Waals surface area contributed by atoms with Gasteiger partial charge < -0.3 is 9.97 Å². The first-order valence-corrected chi connectivity index (χ1v) is 5.51. The molecule has 0 saturated carbocycles. The van der Waals surface area contributed by atoms with Crippen molar-refractivity contribution >= 4 is 0 Å². The summed E-state index contributed by atoms with van der Waals surface area (Å²) in [7, 11) is 0. The largest absolute Gasteiger partial charge is 0.368 e. The molecular formula is C14H15N3. The number of rotatable bonds is 1. The van der Waals surface area contributed by atoms with E-state index in [9.17, 15) is 0 Å². The second-order valence-electron chi connectivity index (χ2n) is 3.67. The first-order chi connectivity index (χ1) is 8.36. The van der Waals surface area contributed by atoms with E-state index in [1.54, 1.807) is 0 Å². The summed E-state index contributed by atoms with van der Waals surface area (Å²) in [4.78, 5) is 10.3. The molecule has 3 rings (SSSR count). The Morgan fingerprint density at radius 2 is 1.65 bits per heavy atom. The highest BCUT2D eigenvalue weighted by Crippen LogP contribution is 2.13. The molecule has 3 nitrogen and oxygen atoms in total. The molecule has 3 heteroatoms. The highest BCUT2D eigenvalue weighted by molar-refractivity contribution is 5.54. The first kappa shape index (κ1) is 11.2. The van der Waals surface area contributed by atoms with Gasteiger partial charge in [0.2, 0.25) is 0 Å². The van der Waals surface area contributed by atoms with Crippen LogP contribution < -0.4 is 0 Å². The lowest BCUT2D eigenvalue weighted by Gasteiger charge is -1.93. The number of aromatic amines is 2. The summed E-state index contributed by atoms with van der Waals surface area (Å²) in [5.74, 6) is 0.938. The third-order valence-electron chi connectivity index (χ3n) is 2.25. The second kappa shape index (κ2) is 5.70. The molecule has 0 radical (unpaired) electrons. The molecular weight excluding hydrogens is 210 g/mol. The minimum Gasteiger partial charge on any atom is -0.368 e. The van der Waals surface area contributed by atoms with Gasteiger partial charge in [-0.1, -0.05) is 30.3 Å². The topological polar surface area (TPSA) is 44.5 Å². The molecule has 0 atom stereocenters. The van der Waals surface area contributed by atoms with Crippen LogP contribution in [0.25, 0.3) is 11.4 Å². The number of nitrogens with one attached hydrogen (secondary N) is 2. The Bertz CT molecular complexity index is 506. The van der Waals surface area contributed by atoms with Crippen LogP contribution >= 0.6 is 0 Å². The van der Waals surface area contributed by atoms with Crippen LogP contribution in [0.2, 0.25) is 0 Å². The van der Waals surface area contributed by atoms with E-state index < -0.39 is 0 Å². The van der Waals surface area contributed by atoms with Gasteiger partial charge in [-0.3, -0.25) is 0 Å². The lowest BCUT2D eigenvalue weighted by molar-refractivity contribution is 1.26. The molecule has 0 aliphatic carbocycles. The quantitative estimate of drug-likeness (QED) is 0.655. The Balaban J connectivity index is 0.000000181. The Labute approximate surface area is 101 Å². The molecule has 86 valence electrons. The van der Waals surface area contributed by atoms with Gasteiger partial charge in [0.1, 0.15) is 5.82 Å². The van der Waals surface area contributed by atoms with E-state index >= 15 is 0 Å². The average molecular weight is 225 g/mol. The molecule has 0 aliphatic heterocycles. The van der Waals surface area contributed by atoms with Crippen molar-refractivity contribution in [2.45, 2.75) is 6.92 Å². The van der Waals surface area contributed by atoms with E-state index in [1.165, 1.54) is 0 Å². The van der Waals surface area contributed by atoms with Crippen molar-refractivity contribution in [3.63, 3.8) is 0 Å². The van der Waals surface area contributed by atoms with Crippen LogP contribution in [0.15, 0.2) is 61.1 Å². The molecule has 0 spiro atoms. The summed E-state index contributed by atoms with van der Waals surface area (Å²) < 4.78 is 0. The van der Waals surface area contributed by atoms with Gasteiger partial charge in [0.05, 0.1) is 0 Å². The van der Waals surface area contributed by atoms with Gasteiger partial charge in [0, 0.05) is 29.8 Å². The van der Waals surface area contributed by atoms with Gasteiger partial charge in [0.15, 0.2) is 0 Å². The zero-order chi connectivity index (χ0) is 11.9. The summed E-state index contributed by atoms with van der Waals surface area (Å²) in [6, 6.07) is 14.0. The number of benzene rings is 1. The number of hydrogen-bond acceptors (Lipinski definition) is 1. The number of hydrogen-bond donors (Lipinski definition) is 2. The Morgan fingerprint density at radius 1 is 0.941 bits per heavy atom. The third kappa shape index (κ3) is 3.34. The maximum Gasteiger partial charge on any atom is 0.137 e. The van der Waals surface area contributed by atoms with E-state index in [2.05, 4.69) is 15.0 Å². The Hall–Kier alpha value is -2.29. The molecule has 17 heavy (non-hydrogen) atoms. The monoisotopic (exact) mass is 225 g/mol. The maximum absolute atomic E-state index is 4.23. The average Bonchev–Trinajstić information content (AvgIpc) is 3.04. The van der Waals surface area contributed by atoms with Gasteiger partial charge >= 0.3 is 0 Å². The van der Waals surface area contributed by atoms with Crippen molar-refractivity contribution in [1.82, 2.24) is 15.0 Å². The van der Waals surface area contributed by atoms with E-state index in [4.69, 9.17) is 0 Å². The first-order valence-electron chi connectivity index (χ1n) is 5.51. The SMILES string of the molecule is Cc1cnc(-c2ccccc2)[nH]1.c1cc[nH]c1. The zero-order valence-electron chi connectivity index (χ0n) is 9.72. The van der Waals surface area contributed by atoms with Crippen LogP contribution in [-0.4, -0.2) is 15.0 Å². The van der Waals surface area contributed by atoms with Crippen molar-refractivity contribution in [3.8, 4) is 11.4 Å². The minimum atomic E-state index is 0.938. The lowest BCUT2D eigenvalue weighted by atomic mass is 10.2. The van der Waals surface area contributed by atoms with E-state index in [-0.39, 0.29) is 0 Å². The molecule has 0 unspecified atom stereocenters. The maximum atomic E-state index is 4.23. The predicted octanol–water partition coefficient (Wildman–Crippen LogP) is 3.40. The van der Waals surface area contributed by atoms with Gasteiger partial charge in [0.25, 0.3) is 0 Å². The fourth-order valence-electron chi connectivity index (χ4n) is 1.43. The van der Waals surface area contributed by atoms with E-state index in [1.807, 2.05) is 68.0 Å². The number of aromatic nitrogens is 3. The zero-order valence-corrected chi connectivity index (χ0v) is 9.72. The molecule has 0 aliphatic rings. The molecule has 1 aromatic carbocycles. The van der Waals surface area contributed by atoms with E-state index in [0.29, 0.717) is 0 Å². The summed E-state index contributed by atoms with van der Waals surface area (Å²) in [5.41, 5.74) is 2.22. The number of aryl methyl sites for hydroxylation is 1. The summed E-state index contributed by atoms with van der Waals surface area (Å²) in [5, 5.41) is 0. The van der Waals surface area contributed by atoms with Gasteiger partial charge in [-0.05, 0) is 19.1 Å². The van der Waals surface area contributed by atoms with Crippen LogP contribution in [0.1, 0.15) is 5.69 Å². The van der Waals surface area contributed by atoms with Gasteiger partial charge in [-0.25, -0.2) is 4.98 Å². The fourth-order valence-corrected chi connectivity index (χ4v) is 1.43. The van der Waals surface area contributed by atoms with Crippen LogP contribution in [-0.2, 0) is 0 Å². The minimum absolute atomic E-state index is 0.938. The lowest BCUT2D eigenvalue weighted by Crippen LogP contribution is -1.78. The van der Waals surface area contributed by atoms with Crippen molar-refractivity contribution in [2.24, 2.45) is 0 Å². The van der Waals surface area contributed by atoms with E-state index in [0.717, 1.165) is 17.1 Å². The smallest absolute Gasteiger partial charge is 0.137 e. The van der Waals surface area contributed by atoms with Crippen molar-refractivity contribution in [3.05, 3.63) is 66.7 Å². The van der Waals surface area contributed by atoms with Crippen LogP contribution in [0.3, 0.4) is 0 Å². The molecule has 0 saturated heterocycles. The van der Waals surface area contributed by atoms with Gasteiger partial charge in [-0.15, -0.1) is 0 Å². The van der Waals surface area contributed by atoms with Crippen LogP contribution in [0.4, 0.5) is 0 Å². The fraction of sp³-hybridized carbons (Fsp3) is 0.0714. The van der Waals surface area contributed by atoms with Crippen LogP contribution in [0.5, 0.6) is 0 Å². The summed E-state index contributed by atoms with van der Waals surface area (Å²) in [6.45, 7) is 2.00. The number of imidazole rings is 1. The third-order valence-corrected chi connectivity index (χ3v) is 2.25. The Morgan fingerprint density at radius 3 is 2.12 bits per heavy atom. The van der Waals surface area contributed by atoms with Crippen molar-refractivity contribution in [2.75, 3.05) is 0 Å². The highest BCUT2D eigenvalue weighted by atomic mass is 14.9. The van der Waals surface area contributed by atoms with Crippen LogP contribution in [0, 0.1) is 6.92 Å². The van der Waals surface area contributed by atoms with Crippen molar-refractivity contribution < 1.29 is 0 Å². The summed E-state index contributed by atoms with van der Waals surface area (Å²) >= 11 is 0. The molecule has 0 bridgehead atoms. The molecule has 3 aromatic rings.